The number of hydrogen-bond donors (Lipinski definition) is 0. The fourth-order valence-corrected chi connectivity index (χ4v) is 6.77. The van der Waals surface area contributed by atoms with Gasteiger partial charge in [0.2, 0.25) is 0 Å². The molecule has 6 rings (SSSR count). The summed E-state index contributed by atoms with van der Waals surface area (Å²) in [4.78, 5) is 13.3. The topological polar surface area (TPSA) is 41.5 Å². The Morgan fingerprint density at radius 3 is 2.72 bits per heavy atom. The summed E-state index contributed by atoms with van der Waals surface area (Å²) in [6, 6.07) is 1.38. The number of fused-ring (bicyclic) bond motifs is 4. The van der Waals surface area contributed by atoms with E-state index in [1.807, 2.05) is 0 Å². The standard InChI is InChI=1S/C23H26BrF3N4O/c24-18-17(26)7-16-20(19(18)27)28-22(29-21(16)30-9-13-2-3-14(6-13)10-30)32-12-23-4-1-5-31(23)11-15(25)8-23/h7,13-15H,1-6,8-12H2/t13?,14?,15-,23+/m1/s1. The van der Waals surface area contributed by atoms with Crippen LogP contribution in [-0.2, 0) is 0 Å². The minimum atomic E-state index is -0.854. The Morgan fingerprint density at radius 2 is 1.94 bits per heavy atom. The van der Waals surface area contributed by atoms with Crippen molar-refractivity contribution in [3.63, 3.8) is 0 Å². The van der Waals surface area contributed by atoms with Crippen molar-refractivity contribution < 1.29 is 17.9 Å². The van der Waals surface area contributed by atoms with E-state index in [1.54, 1.807) is 0 Å². The van der Waals surface area contributed by atoms with E-state index in [0.717, 1.165) is 32.5 Å². The normalized spacial score (nSPS) is 32.1. The van der Waals surface area contributed by atoms with Gasteiger partial charge in [-0.3, -0.25) is 4.90 Å². The molecule has 3 saturated heterocycles. The largest absolute Gasteiger partial charge is 0.461 e. The van der Waals surface area contributed by atoms with E-state index in [0.29, 0.717) is 36.0 Å². The number of aromatic nitrogens is 2. The zero-order chi connectivity index (χ0) is 22.0. The van der Waals surface area contributed by atoms with Gasteiger partial charge in [0, 0.05) is 31.4 Å². The van der Waals surface area contributed by atoms with Gasteiger partial charge in [-0.05, 0) is 72.5 Å². The van der Waals surface area contributed by atoms with Crippen LogP contribution in [-0.4, -0.2) is 59.4 Å². The van der Waals surface area contributed by atoms with Crippen LogP contribution in [0.5, 0.6) is 6.01 Å². The molecule has 2 bridgehead atoms. The molecule has 0 amide bonds. The van der Waals surface area contributed by atoms with E-state index in [1.165, 1.54) is 25.3 Å². The van der Waals surface area contributed by atoms with Gasteiger partial charge in [0.1, 0.15) is 29.9 Å². The number of nitrogens with zero attached hydrogens (tertiary/aromatic N) is 4. The van der Waals surface area contributed by atoms with Gasteiger partial charge < -0.3 is 9.64 Å². The third kappa shape index (κ3) is 3.38. The molecule has 0 N–H and O–H groups in total. The Balaban J connectivity index is 1.38. The van der Waals surface area contributed by atoms with Crippen LogP contribution in [0.1, 0.15) is 38.5 Å². The van der Waals surface area contributed by atoms with Crippen LogP contribution >= 0.6 is 15.9 Å². The van der Waals surface area contributed by atoms with Crippen LogP contribution in [0.25, 0.3) is 10.9 Å². The second-order valence-corrected chi connectivity index (χ2v) is 10.8. The lowest BCUT2D eigenvalue weighted by Gasteiger charge is -2.34. The Morgan fingerprint density at radius 1 is 1.16 bits per heavy atom. The van der Waals surface area contributed by atoms with Crippen LogP contribution in [0.4, 0.5) is 19.0 Å². The molecule has 2 aromatic rings. The second kappa shape index (κ2) is 7.72. The SMILES string of the molecule is Fc1cc2c(N3CC4CCC(C4)C3)nc(OC[C@@]34CCCN3C[C@H](F)C4)nc2c(F)c1Br. The minimum absolute atomic E-state index is 0.0479. The van der Waals surface area contributed by atoms with E-state index >= 15 is 4.39 Å². The van der Waals surface area contributed by atoms with E-state index in [9.17, 15) is 8.78 Å². The first-order valence-electron chi connectivity index (χ1n) is 11.5. The van der Waals surface area contributed by atoms with Crippen molar-refractivity contribution in [2.45, 2.75) is 50.2 Å². The molecule has 1 aromatic heterocycles. The number of halogens is 4. The maximum atomic E-state index is 15.0. The van der Waals surface area contributed by atoms with Gasteiger partial charge in [-0.2, -0.15) is 9.97 Å². The fourth-order valence-electron chi connectivity index (χ4n) is 6.47. The first-order chi connectivity index (χ1) is 15.4. The second-order valence-electron chi connectivity index (χ2n) is 10.0. The number of anilines is 1. The van der Waals surface area contributed by atoms with E-state index in [4.69, 9.17) is 4.74 Å². The number of ether oxygens (including phenoxy) is 1. The van der Waals surface area contributed by atoms with Gasteiger partial charge in [0.05, 0.1) is 10.0 Å². The van der Waals surface area contributed by atoms with E-state index in [-0.39, 0.29) is 28.1 Å². The maximum Gasteiger partial charge on any atom is 0.319 e. The molecule has 1 saturated carbocycles. The fraction of sp³-hybridized carbons (Fsp3) is 0.652. The van der Waals surface area contributed by atoms with E-state index in [2.05, 4.69) is 35.7 Å². The summed E-state index contributed by atoms with van der Waals surface area (Å²) < 4.78 is 49.4. The first kappa shape index (κ1) is 21.0. The van der Waals surface area contributed by atoms with Gasteiger partial charge in [-0.25, -0.2) is 13.2 Å². The quantitative estimate of drug-likeness (QED) is 0.549. The molecule has 0 spiro atoms. The predicted octanol–water partition coefficient (Wildman–Crippen LogP) is 4.86. The predicted molar refractivity (Wildman–Crippen MR) is 119 cm³/mol. The van der Waals surface area contributed by atoms with Gasteiger partial charge in [-0.1, -0.05) is 0 Å². The summed E-state index contributed by atoms with van der Waals surface area (Å²) >= 11 is 3.00. The average Bonchev–Trinajstić information content (AvgIpc) is 3.41. The van der Waals surface area contributed by atoms with Crippen LogP contribution < -0.4 is 9.64 Å². The summed E-state index contributed by atoms with van der Waals surface area (Å²) in [5, 5.41) is 0.363. The lowest BCUT2D eigenvalue weighted by molar-refractivity contribution is 0.107. The van der Waals surface area contributed by atoms with Crippen molar-refractivity contribution in [1.82, 2.24) is 14.9 Å². The number of rotatable bonds is 4. The van der Waals surface area contributed by atoms with Gasteiger partial charge >= 0.3 is 6.01 Å². The Labute approximate surface area is 193 Å². The number of hydrogen-bond acceptors (Lipinski definition) is 5. The molecule has 9 heteroatoms. The highest BCUT2D eigenvalue weighted by atomic mass is 79.9. The highest BCUT2D eigenvalue weighted by Gasteiger charge is 2.49. The summed E-state index contributed by atoms with van der Waals surface area (Å²) in [7, 11) is 0. The Kier molecular flexibility index (Phi) is 5.06. The third-order valence-electron chi connectivity index (χ3n) is 7.92. The average molecular weight is 511 g/mol. The smallest absolute Gasteiger partial charge is 0.319 e. The summed E-state index contributed by atoms with van der Waals surface area (Å²) in [6.45, 7) is 3.22. The third-order valence-corrected chi connectivity index (χ3v) is 8.65. The lowest BCUT2D eigenvalue weighted by Crippen LogP contribution is -2.43. The maximum absolute atomic E-state index is 15.0. The molecule has 1 aromatic carbocycles. The molecule has 172 valence electrons. The summed E-state index contributed by atoms with van der Waals surface area (Å²) in [5.41, 5.74) is -0.295. The molecule has 4 fully saturated rings. The molecular formula is C23H26BrF3N4O. The molecule has 3 aliphatic heterocycles. The van der Waals surface area contributed by atoms with Crippen molar-refractivity contribution in [2.24, 2.45) is 11.8 Å². The van der Waals surface area contributed by atoms with Gasteiger partial charge in [-0.15, -0.1) is 0 Å². The highest BCUT2D eigenvalue weighted by Crippen LogP contribution is 2.42. The van der Waals surface area contributed by atoms with Crippen molar-refractivity contribution in [3.05, 3.63) is 22.2 Å². The van der Waals surface area contributed by atoms with Crippen LogP contribution in [0.2, 0.25) is 0 Å². The number of alkyl halides is 1. The molecule has 32 heavy (non-hydrogen) atoms. The monoisotopic (exact) mass is 510 g/mol. The molecule has 4 aliphatic rings. The van der Waals surface area contributed by atoms with Crippen LogP contribution in [0, 0.1) is 23.5 Å². The van der Waals surface area contributed by atoms with Crippen LogP contribution in [0.3, 0.4) is 0 Å². The van der Waals surface area contributed by atoms with Gasteiger partial charge in [0.15, 0.2) is 5.82 Å². The van der Waals surface area contributed by atoms with Crippen molar-refractivity contribution in [3.8, 4) is 6.01 Å². The zero-order valence-corrected chi connectivity index (χ0v) is 19.4. The van der Waals surface area contributed by atoms with E-state index < -0.39 is 17.8 Å². The number of piperidine rings is 1. The summed E-state index contributed by atoms with van der Waals surface area (Å²) in [6.07, 6.45) is 5.04. The van der Waals surface area contributed by atoms with Crippen molar-refractivity contribution in [2.75, 3.05) is 37.7 Å². The summed E-state index contributed by atoms with van der Waals surface area (Å²) in [5.74, 6) is 0.272. The Bertz CT molecular complexity index is 1060. The van der Waals surface area contributed by atoms with Crippen LogP contribution in [0.15, 0.2) is 10.5 Å². The highest BCUT2D eigenvalue weighted by molar-refractivity contribution is 9.10. The van der Waals surface area contributed by atoms with Crippen molar-refractivity contribution >= 4 is 32.7 Å². The molecule has 0 radical (unpaired) electrons. The minimum Gasteiger partial charge on any atom is -0.461 e. The molecule has 5 nitrogen and oxygen atoms in total. The molecule has 4 atom stereocenters. The molecule has 2 unspecified atom stereocenters. The molecule has 4 heterocycles. The number of benzene rings is 1. The lowest BCUT2D eigenvalue weighted by atomic mass is 9.95. The Hall–Kier alpha value is -1.61. The van der Waals surface area contributed by atoms with Gasteiger partial charge in [0.25, 0.3) is 0 Å². The molecule has 1 aliphatic carbocycles. The molecular weight excluding hydrogens is 485 g/mol. The van der Waals surface area contributed by atoms with Crippen molar-refractivity contribution in [1.29, 1.82) is 0 Å². The first-order valence-corrected chi connectivity index (χ1v) is 12.3. The zero-order valence-electron chi connectivity index (χ0n) is 17.8.